The number of hydrogen-bond donors (Lipinski definition) is 1. The van der Waals surface area contributed by atoms with Crippen LogP contribution in [0.25, 0.3) is 22.0 Å². The second kappa shape index (κ2) is 10.6. The monoisotopic (exact) mass is 498 g/mol. The van der Waals surface area contributed by atoms with E-state index in [0.29, 0.717) is 16.9 Å². The van der Waals surface area contributed by atoms with Gasteiger partial charge in [0.05, 0.1) is 11.9 Å². The summed E-state index contributed by atoms with van der Waals surface area (Å²) >= 11 is 0. The number of nitrogens with one attached hydrogen (secondary N) is 1. The molecule has 0 spiro atoms. The van der Waals surface area contributed by atoms with Gasteiger partial charge < -0.3 is 15.1 Å². The van der Waals surface area contributed by atoms with Crippen LogP contribution in [-0.2, 0) is 6.42 Å². The lowest BCUT2D eigenvalue weighted by Crippen LogP contribution is -2.44. The predicted molar refractivity (Wildman–Crippen MR) is 146 cm³/mol. The third kappa shape index (κ3) is 5.91. The van der Waals surface area contributed by atoms with Gasteiger partial charge in [0.1, 0.15) is 17.5 Å². The van der Waals surface area contributed by atoms with Crippen LogP contribution in [-0.4, -0.2) is 64.9 Å². The van der Waals surface area contributed by atoms with Crippen molar-refractivity contribution in [1.82, 2.24) is 19.9 Å². The number of carbonyl (C=O) groups excluding carboxylic acids is 1. The van der Waals surface area contributed by atoms with Gasteiger partial charge in [-0.25, -0.2) is 19.3 Å². The Morgan fingerprint density at radius 2 is 1.81 bits per heavy atom. The minimum atomic E-state index is -0.303. The number of aromatic nitrogens is 3. The summed E-state index contributed by atoms with van der Waals surface area (Å²) in [5.74, 6) is 0.921. The number of piperazine rings is 1. The minimum Gasteiger partial charge on any atom is -0.383 e. The first-order valence-corrected chi connectivity index (χ1v) is 12.6. The number of rotatable bonds is 7. The number of Topliss-reactive ketones (excluding diaryl/α,β-unsaturated/α-hetero) is 1. The molecule has 0 amide bonds. The van der Waals surface area contributed by atoms with Crippen molar-refractivity contribution in [3.05, 3.63) is 78.1 Å². The fraction of sp³-hybridized carbons (Fsp3) is 0.310. The highest BCUT2D eigenvalue weighted by atomic mass is 19.1. The normalized spacial score (nSPS) is 14.4. The summed E-state index contributed by atoms with van der Waals surface area (Å²) in [6.45, 7) is 7.74. The van der Waals surface area contributed by atoms with Crippen molar-refractivity contribution in [2.75, 3.05) is 43.4 Å². The maximum absolute atomic E-state index is 14.3. The first kappa shape index (κ1) is 24.8. The van der Waals surface area contributed by atoms with Crippen molar-refractivity contribution in [2.45, 2.75) is 26.3 Å². The van der Waals surface area contributed by atoms with Crippen LogP contribution in [0, 0.1) is 5.82 Å². The van der Waals surface area contributed by atoms with Crippen LogP contribution in [0.3, 0.4) is 0 Å². The second-order valence-corrected chi connectivity index (χ2v) is 9.88. The Morgan fingerprint density at radius 3 is 2.59 bits per heavy atom. The lowest BCUT2D eigenvalue weighted by Gasteiger charge is -2.33. The molecular formula is C29H31FN6O. The number of likely N-dealkylation sites (N-methyl/N-ethyl adjacent to an activating group) is 1. The van der Waals surface area contributed by atoms with E-state index >= 15 is 0 Å². The molecule has 0 saturated carbocycles. The van der Waals surface area contributed by atoms with Gasteiger partial charge in [-0.15, -0.1) is 0 Å². The van der Waals surface area contributed by atoms with Gasteiger partial charge in [0.25, 0.3) is 0 Å². The minimum absolute atomic E-state index is 0.0529. The van der Waals surface area contributed by atoms with Crippen molar-refractivity contribution in [2.24, 2.45) is 0 Å². The van der Waals surface area contributed by atoms with Gasteiger partial charge in [0.2, 0.25) is 0 Å². The maximum atomic E-state index is 14.3. The lowest BCUT2D eigenvalue weighted by atomic mass is 10.0. The van der Waals surface area contributed by atoms with E-state index in [9.17, 15) is 9.18 Å². The van der Waals surface area contributed by atoms with Crippen LogP contribution in [0.15, 0.2) is 60.9 Å². The number of hydrogen-bond acceptors (Lipinski definition) is 7. The van der Waals surface area contributed by atoms with Gasteiger partial charge in [0, 0.05) is 61.3 Å². The summed E-state index contributed by atoms with van der Waals surface area (Å²) in [7, 11) is 2.11. The van der Waals surface area contributed by atoms with Crippen molar-refractivity contribution >= 4 is 28.2 Å². The van der Waals surface area contributed by atoms with Gasteiger partial charge in [-0.2, -0.15) is 0 Å². The summed E-state index contributed by atoms with van der Waals surface area (Å²) in [5.41, 5.74) is 3.65. The van der Waals surface area contributed by atoms with Crippen LogP contribution in [0.1, 0.15) is 30.0 Å². The number of carbonyl (C=O) groups is 1. The van der Waals surface area contributed by atoms with Gasteiger partial charge in [-0.3, -0.25) is 4.79 Å². The number of pyridine rings is 1. The first-order valence-electron chi connectivity index (χ1n) is 12.6. The molecule has 0 aliphatic carbocycles. The van der Waals surface area contributed by atoms with E-state index in [1.807, 2.05) is 44.2 Å². The van der Waals surface area contributed by atoms with Crippen LogP contribution in [0.5, 0.6) is 0 Å². The van der Waals surface area contributed by atoms with Crippen molar-refractivity contribution in [1.29, 1.82) is 0 Å². The molecule has 7 nitrogen and oxygen atoms in total. The average Bonchev–Trinajstić information content (AvgIpc) is 2.88. The summed E-state index contributed by atoms with van der Waals surface area (Å²) in [6.07, 6.45) is 3.51. The average molecular weight is 499 g/mol. The Morgan fingerprint density at radius 1 is 1.00 bits per heavy atom. The first-order chi connectivity index (χ1) is 17.8. The standard InChI is InChI=1S/C29H31FN6O/c1-19(2)33-25-13-23(12-24(30)16-25)20-4-5-22-18-32-28(34-26(22)14-20)17-27(37)21-6-7-31-29(15-21)36-10-8-35(3)9-11-36/h4-7,12-16,18-19,33H,8-11,17H2,1-3H3. The van der Waals surface area contributed by atoms with Crippen molar-refractivity contribution in [3.63, 3.8) is 0 Å². The number of benzene rings is 2. The van der Waals surface area contributed by atoms with Gasteiger partial charge in [-0.1, -0.05) is 12.1 Å². The zero-order valence-electron chi connectivity index (χ0n) is 21.4. The van der Waals surface area contributed by atoms with Gasteiger partial charge >= 0.3 is 0 Å². The zero-order chi connectivity index (χ0) is 25.9. The predicted octanol–water partition coefficient (Wildman–Crippen LogP) is 4.83. The third-order valence-corrected chi connectivity index (χ3v) is 6.53. The van der Waals surface area contributed by atoms with Crippen LogP contribution in [0.4, 0.5) is 15.9 Å². The molecule has 0 radical (unpaired) electrons. The smallest absolute Gasteiger partial charge is 0.170 e. The lowest BCUT2D eigenvalue weighted by molar-refractivity contribution is 0.0991. The summed E-state index contributed by atoms with van der Waals surface area (Å²) in [5, 5.41) is 4.11. The van der Waals surface area contributed by atoms with Crippen LogP contribution >= 0.6 is 0 Å². The fourth-order valence-electron chi connectivity index (χ4n) is 4.55. The Balaban J connectivity index is 1.36. The molecule has 0 bridgehead atoms. The summed E-state index contributed by atoms with van der Waals surface area (Å²) in [6, 6.07) is 14.5. The molecule has 3 heterocycles. The number of fused-ring (bicyclic) bond motifs is 1. The molecule has 1 aliphatic heterocycles. The molecule has 2 aromatic carbocycles. The van der Waals surface area contributed by atoms with Gasteiger partial charge in [0.15, 0.2) is 5.78 Å². The number of anilines is 2. The molecule has 5 rings (SSSR count). The van der Waals surface area contributed by atoms with E-state index in [0.717, 1.165) is 54.2 Å². The number of nitrogens with zero attached hydrogens (tertiary/aromatic N) is 5. The molecular weight excluding hydrogens is 467 g/mol. The molecule has 1 fully saturated rings. The number of ketones is 1. The largest absolute Gasteiger partial charge is 0.383 e. The molecule has 8 heteroatoms. The Bertz CT molecular complexity index is 1430. The molecule has 0 unspecified atom stereocenters. The fourth-order valence-corrected chi connectivity index (χ4v) is 4.55. The molecule has 2 aromatic heterocycles. The maximum Gasteiger partial charge on any atom is 0.170 e. The highest BCUT2D eigenvalue weighted by molar-refractivity contribution is 5.98. The van der Waals surface area contributed by atoms with E-state index in [4.69, 9.17) is 0 Å². The summed E-state index contributed by atoms with van der Waals surface area (Å²) in [4.78, 5) is 31.2. The van der Waals surface area contributed by atoms with E-state index < -0.39 is 0 Å². The molecule has 1 aliphatic rings. The molecule has 37 heavy (non-hydrogen) atoms. The Labute approximate surface area is 216 Å². The summed E-state index contributed by atoms with van der Waals surface area (Å²) < 4.78 is 14.3. The Hall–Kier alpha value is -3.91. The third-order valence-electron chi connectivity index (χ3n) is 6.53. The second-order valence-electron chi connectivity index (χ2n) is 9.88. The van der Waals surface area contributed by atoms with E-state index in [1.165, 1.54) is 12.1 Å². The topological polar surface area (TPSA) is 74.2 Å². The van der Waals surface area contributed by atoms with E-state index in [1.54, 1.807) is 18.5 Å². The van der Waals surface area contributed by atoms with Gasteiger partial charge in [-0.05, 0) is 68.4 Å². The molecule has 1 saturated heterocycles. The Kier molecular flexibility index (Phi) is 7.10. The van der Waals surface area contributed by atoms with Crippen molar-refractivity contribution < 1.29 is 9.18 Å². The van der Waals surface area contributed by atoms with Crippen molar-refractivity contribution in [3.8, 4) is 11.1 Å². The molecule has 190 valence electrons. The van der Waals surface area contributed by atoms with Crippen LogP contribution < -0.4 is 10.2 Å². The highest BCUT2D eigenvalue weighted by Crippen LogP contribution is 2.27. The highest BCUT2D eigenvalue weighted by Gasteiger charge is 2.17. The number of halogens is 1. The van der Waals surface area contributed by atoms with Crippen LogP contribution in [0.2, 0.25) is 0 Å². The SMILES string of the molecule is CC(C)Nc1cc(F)cc(-c2ccc3cnc(CC(=O)c4ccnc(N5CCN(C)CC5)c4)nc3c2)c1. The van der Waals surface area contributed by atoms with E-state index in [2.05, 4.69) is 37.1 Å². The van der Waals surface area contributed by atoms with E-state index in [-0.39, 0.29) is 24.1 Å². The molecule has 4 aromatic rings. The quantitative estimate of drug-likeness (QED) is 0.366. The molecule has 1 N–H and O–H groups in total. The molecule has 0 atom stereocenters. The zero-order valence-corrected chi connectivity index (χ0v) is 21.4.